The van der Waals surface area contributed by atoms with Crippen molar-refractivity contribution in [2.75, 3.05) is 6.54 Å². The summed E-state index contributed by atoms with van der Waals surface area (Å²) in [7, 11) is -3.81. The fraction of sp³-hybridized carbons (Fsp3) is 0.476. The Labute approximate surface area is 199 Å². The maximum absolute atomic E-state index is 12.9. The van der Waals surface area contributed by atoms with E-state index in [1.807, 2.05) is 0 Å². The van der Waals surface area contributed by atoms with Gasteiger partial charge < -0.3 is 21.5 Å². The molecule has 0 bridgehead atoms. The predicted octanol–water partition coefficient (Wildman–Crippen LogP) is 3.15. The summed E-state index contributed by atoms with van der Waals surface area (Å²) >= 11 is 6.18. The van der Waals surface area contributed by atoms with Crippen LogP contribution >= 0.6 is 11.6 Å². The number of nitrogens with two attached hydrogens (primary N) is 2. The number of hydrogen-bond acceptors (Lipinski definition) is 6. The standard InChI is InChI=1S/C21H31ClN6O4S/c1-13(7-5-6-10-25-20(29)32-21(2,3)4)28-33(30,31)14-8-9-15-16(11-14)18(27-19(23)24)26-12-17(15)22/h8-9,11-13,28H,5-7,10H2,1-4H3,(H,25,29)(H4,23,24,26,27)/t13-/m1/s1. The molecule has 0 aliphatic rings. The van der Waals surface area contributed by atoms with E-state index in [1.54, 1.807) is 33.8 Å². The van der Waals surface area contributed by atoms with E-state index >= 15 is 0 Å². The fourth-order valence-corrected chi connectivity index (χ4v) is 4.54. The Morgan fingerprint density at radius 3 is 2.58 bits per heavy atom. The van der Waals surface area contributed by atoms with Gasteiger partial charge in [0, 0.05) is 29.6 Å². The lowest BCUT2D eigenvalue weighted by molar-refractivity contribution is 0.0527. The second kappa shape index (κ2) is 11.0. The molecule has 0 unspecified atom stereocenters. The van der Waals surface area contributed by atoms with Gasteiger partial charge in [-0.3, -0.25) is 0 Å². The Balaban J connectivity index is 1.99. The second-order valence-corrected chi connectivity index (χ2v) is 10.7. The topological polar surface area (TPSA) is 162 Å². The Morgan fingerprint density at radius 1 is 1.24 bits per heavy atom. The van der Waals surface area contributed by atoms with Crippen molar-refractivity contribution < 1.29 is 17.9 Å². The second-order valence-electron chi connectivity index (χ2n) is 8.62. The molecule has 12 heteroatoms. The first-order chi connectivity index (χ1) is 15.3. The van der Waals surface area contributed by atoms with Crippen LogP contribution in [0.3, 0.4) is 0 Å². The molecule has 0 saturated heterocycles. The minimum absolute atomic E-state index is 0.0459. The lowest BCUT2D eigenvalue weighted by atomic mass is 10.1. The molecule has 182 valence electrons. The normalized spacial score (nSPS) is 12.9. The SMILES string of the molecule is C[C@H](CCCCNC(=O)OC(C)(C)C)NS(=O)(=O)c1ccc2c(Cl)cnc(N=C(N)N)c2c1. The highest BCUT2D eigenvalue weighted by Crippen LogP contribution is 2.31. The Hall–Kier alpha value is -2.63. The number of aliphatic imine (C=N–C) groups is 1. The number of amides is 1. The van der Waals surface area contributed by atoms with Crippen LogP contribution in [0.4, 0.5) is 10.6 Å². The number of benzene rings is 1. The number of hydrogen-bond donors (Lipinski definition) is 4. The van der Waals surface area contributed by atoms with Gasteiger partial charge in [0.1, 0.15) is 5.60 Å². The molecule has 1 atom stereocenters. The lowest BCUT2D eigenvalue weighted by Gasteiger charge is -2.19. The van der Waals surface area contributed by atoms with Gasteiger partial charge in [0.15, 0.2) is 11.8 Å². The third kappa shape index (κ3) is 8.34. The number of unbranched alkanes of at least 4 members (excludes halogenated alkanes) is 1. The first-order valence-electron chi connectivity index (χ1n) is 10.5. The minimum Gasteiger partial charge on any atom is -0.444 e. The lowest BCUT2D eigenvalue weighted by Crippen LogP contribution is -2.34. The van der Waals surface area contributed by atoms with Gasteiger partial charge in [0.05, 0.1) is 9.92 Å². The minimum atomic E-state index is -3.81. The summed E-state index contributed by atoms with van der Waals surface area (Å²) in [5, 5.41) is 4.03. The number of sulfonamides is 1. The highest BCUT2D eigenvalue weighted by atomic mass is 35.5. The molecule has 1 amide bonds. The highest BCUT2D eigenvalue weighted by Gasteiger charge is 2.19. The van der Waals surface area contributed by atoms with Crippen molar-refractivity contribution in [2.24, 2.45) is 16.5 Å². The molecule has 0 fully saturated rings. The number of alkyl carbamates (subject to hydrolysis) is 1. The molecular formula is C21H31ClN6O4S. The third-order valence-corrected chi connectivity index (χ3v) is 6.31. The zero-order valence-electron chi connectivity index (χ0n) is 19.2. The van der Waals surface area contributed by atoms with Crippen LogP contribution in [-0.2, 0) is 14.8 Å². The van der Waals surface area contributed by atoms with Crippen LogP contribution in [0.1, 0.15) is 47.0 Å². The molecule has 1 heterocycles. The number of guanidine groups is 1. The molecule has 2 rings (SSSR count). The van der Waals surface area contributed by atoms with E-state index in [9.17, 15) is 13.2 Å². The highest BCUT2D eigenvalue weighted by molar-refractivity contribution is 7.89. The van der Waals surface area contributed by atoms with Gasteiger partial charge >= 0.3 is 6.09 Å². The van der Waals surface area contributed by atoms with Crippen LogP contribution in [0.2, 0.25) is 5.02 Å². The van der Waals surface area contributed by atoms with E-state index < -0.39 is 21.7 Å². The van der Waals surface area contributed by atoms with Gasteiger partial charge in [0.2, 0.25) is 10.0 Å². The van der Waals surface area contributed by atoms with Crippen LogP contribution in [0.25, 0.3) is 10.8 Å². The largest absolute Gasteiger partial charge is 0.444 e. The molecule has 0 aliphatic heterocycles. The monoisotopic (exact) mass is 498 g/mol. The first kappa shape index (κ1) is 26.6. The molecule has 6 N–H and O–H groups in total. The molecule has 33 heavy (non-hydrogen) atoms. The van der Waals surface area contributed by atoms with Gasteiger partial charge in [0.25, 0.3) is 0 Å². The molecular weight excluding hydrogens is 468 g/mol. The number of halogens is 1. The third-order valence-electron chi connectivity index (χ3n) is 4.42. The molecule has 0 radical (unpaired) electrons. The summed E-state index contributed by atoms with van der Waals surface area (Å²) in [4.78, 5) is 19.7. The van der Waals surface area contributed by atoms with Crippen molar-refractivity contribution in [1.82, 2.24) is 15.0 Å². The Morgan fingerprint density at radius 2 is 1.94 bits per heavy atom. The average molecular weight is 499 g/mol. The number of carbonyl (C=O) groups excluding carboxylic acids is 1. The van der Waals surface area contributed by atoms with Crippen molar-refractivity contribution in [3.05, 3.63) is 29.4 Å². The van der Waals surface area contributed by atoms with Crippen LogP contribution in [0.5, 0.6) is 0 Å². The smallest absolute Gasteiger partial charge is 0.407 e. The van der Waals surface area contributed by atoms with E-state index in [0.717, 1.165) is 0 Å². The van der Waals surface area contributed by atoms with Crippen molar-refractivity contribution >= 4 is 50.3 Å². The molecule has 10 nitrogen and oxygen atoms in total. The summed E-state index contributed by atoms with van der Waals surface area (Å²) in [6.07, 6.45) is 2.92. The zero-order chi connectivity index (χ0) is 24.8. The fourth-order valence-electron chi connectivity index (χ4n) is 3.02. The number of carbonyl (C=O) groups is 1. The van der Waals surface area contributed by atoms with Gasteiger partial charge in [-0.05, 0) is 52.7 Å². The van der Waals surface area contributed by atoms with Crippen molar-refractivity contribution in [3.8, 4) is 0 Å². The van der Waals surface area contributed by atoms with Gasteiger partial charge in [-0.25, -0.2) is 22.9 Å². The quantitative estimate of drug-likeness (QED) is 0.234. The van der Waals surface area contributed by atoms with E-state index in [-0.39, 0.29) is 22.7 Å². The maximum atomic E-state index is 12.9. The number of fused-ring (bicyclic) bond motifs is 1. The van der Waals surface area contributed by atoms with Crippen molar-refractivity contribution in [2.45, 2.75) is 63.5 Å². The zero-order valence-corrected chi connectivity index (χ0v) is 20.8. The van der Waals surface area contributed by atoms with Crippen molar-refractivity contribution in [1.29, 1.82) is 0 Å². The maximum Gasteiger partial charge on any atom is 0.407 e. The molecule has 0 aliphatic carbocycles. The average Bonchev–Trinajstić information content (AvgIpc) is 2.67. The molecule has 1 aromatic carbocycles. The molecule has 0 saturated carbocycles. The summed E-state index contributed by atoms with van der Waals surface area (Å²) in [5.41, 5.74) is 10.3. The van der Waals surface area contributed by atoms with E-state index in [1.165, 1.54) is 18.3 Å². The van der Waals surface area contributed by atoms with Crippen LogP contribution < -0.4 is 21.5 Å². The first-order valence-corrected chi connectivity index (χ1v) is 12.3. The molecule has 0 spiro atoms. The number of aromatic nitrogens is 1. The summed E-state index contributed by atoms with van der Waals surface area (Å²) in [6, 6.07) is 4.18. The van der Waals surface area contributed by atoms with E-state index in [2.05, 4.69) is 20.0 Å². The van der Waals surface area contributed by atoms with Gasteiger partial charge in [-0.2, -0.15) is 4.99 Å². The Kier molecular flexibility index (Phi) is 8.87. The molecule has 2 aromatic rings. The summed E-state index contributed by atoms with van der Waals surface area (Å²) < 4.78 is 33.6. The number of rotatable bonds is 9. The summed E-state index contributed by atoms with van der Waals surface area (Å²) in [5.74, 6) is -0.0238. The van der Waals surface area contributed by atoms with Gasteiger partial charge in [-0.1, -0.05) is 24.1 Å². The van der Waals surface area contributed by atoms with E-state index in [0.29, 0.717) is 41.6 Å². The number of nitrogens with one attached hydrogen (secondary N) is 2. The molecule has 1 aromatic heterocycles. The van der Waals surface area contributed by atoms with Crippen LogP contribution in [-0.4, -0.2) is 43.6 Å². The van der Waals surface area contributed by atoms with E-state index in [4.69, 9.17) is 27.8 Å². The van der Waals surface area contributed by atoms with Gasteiger partial charge in [-0.15, -0.1) is 0 Å². The number of ether oxygens (including phenoxy) is 1. The van der Waals surface area contributed by atoms with Crippen LogP contribution in [0.15, 0.2) is 34.3 Å². The number of pyridine rings is 1. The van der Waals surface area contributed by atoms with Crippen molar-refractivity contribution in [3.63, 3.8) is 0 Å². The Bertz CT molecular complexity index is 1130. The summed E-state index contributed by atoms with van der Waals surface area (Å²) in [6.45, 7) is 7.61. The van der Waals surface area contributed by atoms with Crippen LogP contribution in [0, 0.1) is 0 Å². The number of nitrogens with zero attached hydrogens (tertiary/aromatic N) is 2. The predicted molar refractivity (Wildman–Crippen MR) is 130 cm³/mol.